The van der Waals surface area contributed by atoms with Crippen LogP contribution in [-0.4, -0.2) is 54.4 Å². The molecule has 8 nitrogen and oxygen atoms in total. The van der Waals surface area contributed by atoms with Gasteiger partial charge in [-0.05, 0) is 44.0 Å². The molecule has 1 aliphatic rings. The fourth-order valence-corrected chi connectivity index (χ4v) is 4.16. The van der Waals surface area contributed by atoms with E-state index in [2.05, 4.69) is 32.4 Å². The van der Waals surface area contributed by atoms with Crippen molar-refractivity contribution < 1.29 is 4.79 Å². The summed E-state index contributed by atoms with van der Waals surface area (Å²) in [4.78, 5) is 26.1. The predicted molar refractivity (Wildman–Crippen MR) is 118 cm³/mol. The van der Waals surface area contributed by atoms with Crippen molar-refractivity contribution >= 4 is 22.8 Å². The minimum atomic E-state index is -0.0171. The third-order valence-electron chi connectivity index (χ3n) is 5.80. The van der Waals surface area contributed by atoms with Crippen molar-refractivity contribution in [2.24, 2.45) is 0 Å². The Kier molecular flexibility index (Phi) is 5.03. The molecular weight excluding hydrogens is 390 g/mol. The van der Waals surface area contributed by atoms with Crippen LogP contribution in [0.1, 0.15) is 30.1 Å². The molecule has 5 rings (SSSR count). The van der Waals surface area contributed by atoms with E-state index in [1.165, 1.54) is 4.80 Å². The van der Waals surface area contributed by atoms with Crippen molar-refractivity contribution in [1.29, 1.82) is 0 Å². The van der Waals surface area contributed by atoms with Gasteiger partial charge in [0.15, 0.2) is 0 Å². The van der Waals surface area contributed by atoms with Gasteiger partial charge in [0, 0.05) is 18.6 Å². The van der Waals surface area contributed by atoms with E-state index in [9.17, 15) is 4.79 Å². The van der Waals surface area contributed by atoms with Crippen LogP contribution in [0.25, 0.3) is 16.7 Å². The van der Waals surface area contributed by atoms with E-state index < -0.39 is 0 Å². The molecule has 0 spiro atoms. The number of nitrogens with zero attached hydrogens (tertiary/aromatic N) is 6. The fraction of sp³-hybridized carbons (Fsp3) is 0.261. The van der Waals surface area contributed by atoms with E-state index in [1.807, 2.05) is 53.4 Å². The first-order valence-corrected chi connectivity index (χ1v) is 10.5. The third kappa shape index (κ3) is 3.72. The molecule has 2 aromatic carbocycles. The Bertz CT molecular complexity index is 1210. The molecule has 3 heterocycles. The first-order valence-electron chi connectivity index (χ1n) is 10.5. The highest BCUT2D eigenvalue weighted by atomic mass is 16.2. The molecule has 4 aromatic rings. The molecule has 31 heavy (non-hydrogen) atoms. The van der Waals surface area contributed by atoms with Crippen molar-refractivity contribution in [2.75, 3.05) is 11.9 Å². The lowest BCUT2D eigenvalue weighted by atomic mass is 9.96. The number of nitrogens with one attached hydrogen (secondary N) is 1. The van der Waals surface area contributed by atoms with Gasteiger partial charge in [-0.1, -0.05) is 24.3 Å². The third-order valence-corrected chi connectivity index (χ3v) is 5.80. The Morgan fingerprint density at radius 2 is 1.77 bits per heavy atom. The van der Waals surface area contributed by atoms with Gasteiger partial charge in [0.05, 0.1) is 40.9 Å². The fourth-order valence-electron chi connectivity index (χ4n) is 4.16. The van der Waals surface area contributed by atoms with Crippen LogP contribution in [0, 0.1) is 0 Å². The Balaban J connectivity index is 1.38. The number of benzene rings is 2. The monoisotopic (exact) mass is 413 g/mol. The lowest BCUT2D eigenvalue weighted by molar-refractivity contribution is 0.0616. The molecule has 0 bridgehead atoms. The number of aromatic nitrogens is 5. The first-order chi connectivity index (χ1) is 15.2. The number of piperidine rings is 1. The van der Waals surface area contributed by atoms with Gasteiger partial charge in [-0.3, -0.25) is 9.78 Å². The average Bonchev–Trinajstić information content (AvgIpc) is 3.35. The highest BCUT2D eigenvalue weighted by Crippen LogP contribution is 2.25. The Labute approximate surface area is 179 Å². The second-order valence-corrected chi connectivity index (χ2v) is 7.71. The molecule has 1 aliphatic heterocycles. The van der Waals surface area contributed by atoms with Crippen LogP contribution in [0.4, 0.5) is 5.82 Å². The van der Waals surface area contributed by atoms with Crippen LogP contribution >= 0.6 is 0 Å². The number of fused-ring (bicyclic) bond motifs is 1. The summed E-state index contributed by atoms with van der Waals surface area (Å²) in [5.74, 6) is 0.711. The summed E-state index contributed by atoms with van der Waals surface area (Å²) in [6.07, 6.45) is 6.85. The molecule has 0 aliphatic carbocycles. The first kappa shape index (κ1) is 19.2. The van der Waals surface area contributed by atoms with Crippen molar-refractivity contribution in [3.05, 3.63) is 72.7 Å². The summed E-state index contributed by atoms with van der Waals surface area (Å²) < 4.78 is 0. The van der Waals surface area contributed by atoms with Crippen molar-refractivity contribution in [2.45, 2.75) is 31.8 Å². The topological polar surface area (TPSA) is 88.8 Å². The van der Waals surface area contributed by atoms with E-state index in [-0.39, 0.29) is 18.0 Å². The molecule has 2 aromatic heterocycles. The number of likely N-dealkylation sites (tertiary alicyclic amines) is 1. The normalized spacial score (nSPS) is 18.8. The van der Waals surface area contributed by atoms with Gasteiger partial charge >= 0.3 is 0 Å². The number of amides is 1. The molecule has 1 fully saturated rings. The maximum atomic E-state index is 13.5. The maximum absolute atomic E-state index is 13.5. The molecule has 8 heteroatoms. The molecule has 156 valence electrons. The van der Waals surface area contributed by atoms with Crippen LogP contribution in [0.15, 0.2) is 67.1 Å². The smallest absolute Gasteiger partial charge is 0.256 e. The molecule has 0 unspecified atom stereocenters. The minimum Gasteiger partial charge on any atom is -0.364 e. The van der Waals surface area contributed by atoms with Gasteiger partial charge in [0.25, 0.3) is 5.91 Å². The second kappa shape index (κ2) is 8.14. The highest BCUT2D eigenvalue weighted by molar-refractivity contribution is 5.98. The summed E-state index contributed by atoms with van der Waals surface area (Å²) in [7, 11) is 0. The zero-order valence-corrected chi connectivity index (χ0v) is 17.2. The molecule has 0 saturated carbocycles. The largest absolute Gasteiger partial charge is 0.364 e. The second-order valence-electron chi connectivity index (χ2n) is 7.71. The van der Waals surface area contributed by atoms with Gasteiger partial charge in [-0.2, -0.15) is 15.0 Å². The number of hydrogen-bond acceptors (Lipinski definition) is 6. The van der Waals surface area contributed by atoms with Crippen molar-refractivity contribution in [3.63, 3.8) is 0 Å². The highest BCUT2D eigenvalue weighted by Gasteiger charge is 2.33. The zero-order chi connectivity index (χ0) is 21.2. The molecule has 2 atom stereocenters. The Hall–Kier alpha value is -3.81. The summed E-state index contributed by atoms with van der Waals surface area (Å²) in [5.41, 5.74) is 2.99. The number of para-hydroxylation sites is 3. The van der Waals surface area contributed by atoms with Crippen LogP contribution in [0.5, 0.6) is 0 Å². The standard InChI is InChI=1S/C23H23N7O/c1-16-18(27-22-15-24-19-8-3-4-9-20(19)28-22)10-6-14-29(16)23(31)17-7-2-5-11-21(17)30-25-12-13-26-30/h2-5,7-9,11-13,15-16,18H,6,10,14H2,1H3,(H,27,28)/t16-,18+/m1/s1. The number of hydrogen-bond donors (Lipinski definition) is 1. The van der Waals surface area contributed by atoms with Crippen LogP contribution < -0.4 is 5.32 Å². The van der Waals surface area contributed by atoms with Gasteiger partial charge < -0.3 is 10.2 Å². The van der Waals surface area contributed by atoms with Gasteiger partial charge in [-0.15, -0.1) is 0 Å². The number of rotatable bonds is 4. The number of anilines is 1. The summed E-state index contributed by atoms with van der Waals surface area (Å²) in [6.45, 7) is 2.79. The Morgan fingerprint density at radius 1 is 1.03 bits per heavy atom. The quantitative estimate of drug-likeness (QED) is 0.552. The van der Waals surface area contributed by atoms with Crippen LogP contribution in [0.3, 0.4) is 0 Å². The van der Waals surface area contributed by atoms with Gasteiger partial charge in [-0.25, -0.2) is 4.98 Å². The van der Waals surface area contributed by atoms with E-state index in [4.69, 9.17) is 0 Å². The summed E-state index contributed by atoms with van der Waals surface area (Å²) in [6, 6.07) is 15.3. The summed E-state index contributed by atoms with van der Waals surface area (Å²) >= 11 is 0. The number of carbonyl (C=O) groups excluding carboxylic acids is 1. The lowest BCUT2D eigenvalue weighted by Crippen LogP contribution is -2.52. The maximum Gasteiger partial charge on any atom is 0.256 e. The SMILES string of the molecule is C[C@@H]1[C@@H](Nc2cnc3ccccc3n2)CCCN1C(=O)c1ccccc1-n1nccn1. The molecule has 1 saturated heterocycles. The average molecular weight is 413 g/mol. The van der Waals surface area contributed by atoms with E-state index in [0.29, 0.717) is 17.8 Å². The zero-order valence-electron chi connectivity index (χ0n) is 17.2. The predicted octanol–water partition coefficient (Wildman–Crippen LogP) is 3.32. The van der Waals surface area contributed by atoms with Crippen molar-refractivity contribution in [1.82, 2.24) is 29.9 Å². The van der Waals surface area contributed by atoms with Gasteiger partial charge in [0.2, 0.25) is 0 Å². The van der Waals surface area contributed by atoms with E-state index >= 15 is 0 Å². The van der Waals surface area contributed by atoms with Crippen molar-refractivity contribution in [3.8, 4) is 5.69 Å². The Morgan fingerprint density at radius 3 is 2.61 bits per heavy atom. The van der Waals surface area contributed by atoms with Crippen LogP contribution in [0.2, 0.25) is 0 Å². The molecule has 0 radical (unpaired) electrons. The van der Waals surface area contributed by atoms with E-state index in [0.717, 1.165) is 29.7 Å². The number of carbonyl (C=O) groups is 1. The minimum absolute atomic E-state index is 0.00634. The summed E-state index contributed by atoms with van der Waals surface area (Å²) in [5, 5.41) is 11.9. The molecular formula is C23H23N7O. The molecule has 1 amide bonds. The van der Waals surface area contributed by atoms with Gasteiger partial charge in [0.1, 0.15) is 5.82 Å². The lowest BCUT2D eigenvalue weighted by Gasteiger charge is -2.40. The van der Waals surface area contributed by atoms with E-state index in [1.54, 1.807) is 18.6 Å². The van der Waals surface area contributed by atoms with Crippen LogP contribution in [-0.2, 0) is 0 Å². The molecule has 1 N–H and O–H groups in total.